The van der Waals surface area contributed by atoms with Crippen LogP contribution in [-0.2, 0) is 7.05 Å². The highest BCUT2D eigenvalue weighted by molar-refractivity contribution is 9.10. The van der Waals surface area contributed by atoms with Gasteiger partial charge in [-0.25, -0.2) is 0 Å². The average Bonchev–Trinajstić information content (AvgIpc) is 3.41. The lowest BCUT2D eigenvalue weighted by atomic mass is 9.98. The van der Waals surface area contributed by atoms with Crippen molar-refractivity contribution in [1.29, 1.82) is 0 Å². The summed E-state index contributed by atoms with van der Waals surface area (Å²) >= 11 is 4.82. The molecule has 0 spiro atoms. The molecule has 0 bridgehead atoms. The number of aryl methyl sites for hydroxylation is 2. The Labute approximate surface area is 175 Å². The highest BCUT2D eigenvalue weighted by atomic mass is 79.9. The van der Waals surface area contributed by atoms with E-state index in [4.69, 9.17) is 0 Å². The number of nitrogens with one attached hydrogen (secondary N) is 1. The van der Waals surface area contributed by atoms with E-state index in [2.05, 4.69) is 36.5 Å². The van der Waals surface area contributed by atoms with Gasteiger partial charge in [0.15, 0.2) is 0 Å². The lowest BCUT2D eigenvalue weighted by Gasteiger charge is -2.21. The third-order valence-corrected chi connectivity index (χ3v) is 7.58. The maximum Gasteiger partial charge on any atom is 0.264 e. The number of fused-ring (bicyclic) bond motifs is 2. The zero-order valence-corrected chi connectivity index (χ0v) is 18.1. The van der Waals surface area contributed by atoms with Crippen molar-refractivity contribution in [2.45, 2.75) is 25.8 Å². The van der Waals surface area contributed by atoms with Crippen molar-refractivity contribution >= 4 is 49.2 Å². The molecule has 0 aromatic carbocycles. The van der Waals surface area contributed by atoms with Gasteiger partial charge in [-0.3, -0.25) is 9.48 Å². The van der Waals surface area contributed by atoms with Crippen LogP contribution in [0.4, 0.5) is 5.82 Å². The highest BCUT2D eigenvalue weighted by Gasteiger charge is 2.44. The fraction of sp³-hybridized carbons (Fsp3) is 0.474. The zero-order valence-electron chi connectivity index (χ0n) is 15.7. The third-order valence-electron chi connectivity index (χ3n) is 6.15. The van der Waals surface area contributed by atoms with Crippen molar-refractivity contribution in [2.24, 2.45) is 18.9 Å². The van der Waals surface area contributed by atoms with Gasteiger partial charge in [0.1, 0.15) is 15.3 Å². The molecule has 1 amide bonds. The number of rotatable bonds is 3. The molecule has 1 saturated heterocycles. The predicted molar refractivity (Wildman–Crippen MR) is 113 cm³/mol. The number of hydrogen-bond donors (Lipinski definition) is 1. The Morgan fingerprint density at radius 3 is 2.89 bits per heavy atom. The summed E-state index contributed by atoms with van der Waals surface area (Å²) in [5, 5.41) is 17.4. The summed E-state index contributed by atoms with van der Waals surface area (Å²) in [6, 6.07) is 6.18. The van der Waals surface area contributed by atoms with Crippen molar-refractivity contribution in [3.05, 3.63) is 33.4 Å². The molecule has 7 nitrogen and oxygen atoms in total. The quantitative estimate of drug-likeness (QED) is 0.647. The summed E-state index contributed by atoms with van der Waals surface area (Å²) in [4.78, 5) is 16.9. The normalized spacial score (nSPS) is 24.1. The summed E-state index contributed by atoms with van der Waals surface area (Å²) < 4.78 is 2.60. The fourth-order valence-electron chi connectivity index (χ4n) is 4.56. The number of carbonyl (C=O) groups is 1. The van der Waals surface area contributed by atoms with Crippen LogP contribution in [0.1, 0.15) is 28.2 Å². The second-order valence-corrected chi connectivity index (χ2v) is 9.59. The first-order chi connectivity index (χ1) is 13.5. The van der Waals surface area contributed by atoms with E-state index in [0.717, 1.165) is 57.1 Å². The molecule has 3 aromatic rings. The minimum Gasteiger partial charge on any atom is -0.365 e. The molecule has 146 valence electrons. The number of carbonyl (C=O) groups excluding carboxylic acids is 1. The minimum atomic E-state index is 0.140. The smallest absolute Gasteiger partial charge is 0.264 e. The second kappa shape index (κ2) is 6.81. The molecule has 1 aliphatic heterocycles. The van der Waals surface area contributed by atoms with Gasteiger partial charge in [0.2, 0.25) is 0 Å². The van der Waals surface area contributed by atoms with E-state index in [0.29, 0.717) is 17.9 Å². The van der Waals surface area contributed by atoms with Gasteiger partial charge in [-0.05, 0) is 59.8 Å². The van der Waals surface area contributed by atoms with Crippen LogP contribution < -0.4 is 5.32 Å². The number of aromatic nitrogens is 4. The zero-order chi connectivity index (χ0) is 19.4. The molecule has 2 aliphatic rings. The van der Waals surface area contributed by atoms with Crippen LogP contribution in [0.5, 0.6) is 0 Å². The maximum absolute atomic E-state index is 13.1. The molecule has 5 rings (SSSR count). The van der Waals surface area contributed by atoms with Crippen LogP contribution in [0.2, 0.25) is 0 Å². The van der Waals surface area contributed by atoms with Crippen LogP contribution in [-0.4, -0.2) is 49.9 Å². The second-order valence-electron chi connectivity index (χ2n) is 7.74. The number of anilines is 1. The first-order valence-corrected chi connectivity index (χ1v) is 11.1. The number of nitrogens with zero attached hydrogens (tertiary/aromatic N) is 5. The van der Waals surface area contributed by atoms with E-state index >= 15 is 0 Å². The van der Waals surface area contributed by atoms with E-state index < -0.39 is 0 Å². The Bertz CT molecular complexity index is 1040. The average molecular weight is 461 g/mol. The fourth-order valence-corrected chi connectivity index (χ4v) is 5.85. The summed E-state index contributed by atoms with van der Waals surface area (Å²) in [5.41, 5.74) is 1.10. The van der Waals surface area contributed by atoms with Gasteiger partial charge in [-0.1, -0.05) is 0 Å². The van der Waals surface area contributed by atoms with E-state index in [1.54, 1.807) is 0 Å². The van der Waals surface area contributed by atoms with Crippen LogP contribution in [0.3, 0.4) is 0 Å². The Hall–Kier alpha value is -2.00. The van der Waals surface area contributed by atoms with Crippen molar-refractivity contribution in [3.8, 4) is 0 Å². The lowest BCUT2D eigenvalue weighted by molar-refractivity contribution is 0.0785. The number of halogens is 1. The molecule has 0 unspecified atom stereocenters. The summed E-state index contributed by atoms with van der Waals surface area (Å²) in [5.74, 6) is 1.96. The molecule has 0 radical (unpaired) electrons. The monoisotopic (exact) mass is 460 g/mol. The minimum absolute atomic E-state index is 0.140. The van der Waals surface area contributed by atoms with Crippen molar-refractivity contribution in [1.82, 2.24) is 24.9 Å². The molecule has 2 fully saturated rings. The lowest BCUT2D eigenvalue weighted by Crippen LogP contribution is -2.33. The summed E-state index contributed by atoms with van der Waals surface area (Å²) in [6.45, 7) is 3.68. The Balaban J connectivity index is 1.30. The number of amides is 1. The van der Waals surface area contributed by atoms with Gasteiger partial charge in [-0.15, -0.1) is 21.5 Å². The molecule has 1 N–H and O–H groups in total. The molecular weight excluding hydrogens is 440 g/mol. The first-order valence-electron chi connectivity index (χ1n) is 9.48. The van der Waals surface area contributed by atoms with Gasteiger partial charge in [-0.2, -0.15) is 5.10 Å². The van der Waals surface area contributed by atoms with Crippen LogP contribution in [0.25, 0.3) is 10.2 Å². The van der Waals surface area contributed by atoms with Crippen LogP contribution >= 0.6 is 27.3 Å². The number of likely N-dealkylation sites (tertiary alicyclic amines) is 1. The maximum atomic E-state index is 13.1. The molecule has 28 heavy (non-hydrogen) atoms. The Morgan fingerprint density at radius 1 is 1.29 bits per heavy atom. The van der Waals surface area contributed by atoms with Gasteiger partial charge >= 0.3 is 0 Å². The summed E-state index contributed by atoms with van der Waals surface area (Å²) in [6.07, 6.45) is 2.26. The van der Waals surface area contributed by atoms with Gasteiger partial charge < -0.3 is 10.2 Å². The molecule has 9 heteroatoms. The number of hydrogen-bond acceptors (Lipinski definition) is 6. The SMILES string of the molecule is Cc1c2cc(C(=O)N3C[C@@H]4CC[C@@H](Nc5ccc(Br)nn5)[C@@H]4C3)sc2nn1C. The van der Waals surface area contributed by atoms with E-state index in [1.807, 2.05) is 41.8 Å². The molecule has 3 aromatic heterocycles. The predicted octanol–water partition coefficient (Wildman–Crippen LogP) is 3.46. The number of thiophene rings is 1. The van der Waals surface area contributed by atoms with E-state index in [9.17, 15) is 4.79 Å². The van der Waals surface area contributed by atoms with Gasteiger partial charge in [0.05, 0.1) is 4.88 Å². The van der Waals surface area contributed by atoms with Gasteiger partial charge in [0, 0.05) is 43.2 Å². The Morgan fingerprint density at radius 2 is 2.14 bits per heavy atom. The molecule has 1 saturated carbocycles. The van der Waals surface area contributed by atoms with Crippen molar-refractivity contribution in [3.63, 3.8) is 0 Å². The Kier molecular flexibility index (Phi) is 4.39. The van der Waals surface area contributed by atoms with Crippen LogP contribution in [0.15, 0.2) is 22.8 Å². The topological polar surface area (TPSA) is 75.9 Å². The van der Waals surface area contributed by atoms with E-state index in [1.165, 1.54) is 11.3 Å². The standard InChI is InChI=1S/C19H21BrN6OS/c1-10-12-7-15(28-18(12)24-25(10)2)19(27)26-8-11-3-4-14(13(11)9-26)21-17-6-5-16(20)22-23-17/h5-7,11,13-14H,3-4,8-9H2,1-2H3,(H,21,23)/t11-,13+,14+/m0/s1. The molecule has 1 aliphatic carbocycles. The first kappa shape index (κ1) is 18.1. The van der Waals surface area contributed by atoms with Crippen molar-refractivity contribution in [2.75, 3.05) is 18.4 Å². The molecule has 4 heterocycles. The van der Waals surface area contributed by atoms with Crippen LogP contribution in [0, 0.1) is 18.8 Å². The van der Waals surface area contributed by atoms with Crippen molar-refractivity contribution < 1.29 is 4.79 Å². The highest BCUT2D eigenvalue weighted by Crippen LogP contribution is 2.40. The third kappa shape index (κ3) is 3.00. The largest absolute Gasteiger partial charge is 0.365 e. The molecule has 3 atom stereocenters. The molecular formula is C19H21BrN6OS. The van der Waals surface area contributed by atoms with Gasteiger partial charge in [0.25, 0.3) is 5.91 Å². The summed E-state index contributed by atoms with van der Waals surface area (Å²) in [7, 11) is 1.94. The van der Waals surface area contributed by atoms with E-state index in [-0.39, 0.29) is 5.91 Å².